The molecule has 0 fully saturated rings. The van der Waals surface area contributed by atoms with Crippen molar-refractivity contribution in [1.29, 1.82) is 0 Å². The number of nitrogens with two attached hydrogens (primary N) is 1. The molecule has 0 atom stereocenters. The zero-order valence-corrected chi connectivity index (χ0v) is 12.4. The molecule has 1 aliphatic carbocycles. The Bertz CT molecular complexity index is 696. The van der Waals surface area contributed by atoms with Crippen molar-refractivity contribution in [2.75, 3.05) is 0 Å². The van der Waals surface area contributed by atoms with Gasteiger partial charge < -0.3 is 10.9 Å². The first kappa shape index (κ1) is 13.9. The number of hydrogen-bond donors (Lipinski definition) is 3. The fourth-order valence-corrected chi connectivity index (χ4v) is 3.26. The van der Waals surface area contributed by atoms with Gasteiger partial charge in [0.25, 0.3) is 0 Å². The van der Waals surface area contributed by atoms with Gasteiger partial charge in [0.1, 0.15) is 10.9 Å². The molecule has 0 spiro atoms. The second-order valence-electron chi connectivity index (χ2n) is 4.94. The molecule has 4 N–H and O–H groups in total. The Hall–Kier alpha value is -2.09. The van der Waals surface area contributed by atoms with Crippen LogP contribution in [0.2, 0.25) is 0 Å². The van der Waals surface area contributed by atoms with Gasteiger partial charge in [0.15, 0.2) is 5.84 Å². The van der Waals surface area contributed by atoms with Crippen LogP contribution in [-0.2, 0) is 12.8 Å². The summed E-state index contributed by atoms with van der Waals surface area (Å²) in [5, 5.41) is 20.2. The Labute approximate surface area is 126 Å². The van der Waals surface area contributed by atoms with E-state index in [0.29, 0.717) is 15.7 Å². The van der Waals surface area contributed by atoms with E-state index < -0.39 is 0 Å². The number of nitrogens with one attached hydrogen (secondary N) is 1. The van der Waals surface area contributed by atoms with E-state index in [1.54, 1.807) is 0 Å². The minimum absolute atomic E-state index is 0.0608. The van der Waals surface area contributed by atoms with E-state index in [1.165, 1.54) is 17.3 Å². The minimum Gasteiger partial charge on any atom is -0.409 e. The average molecular weight is 304 g/mol. The average Bonchev–Trinajstić information content (AvgIpc) is 2.91. The van der Waals surface area contributed by atoms with Crippen molar-refractivity contribution in [1.82, 2.24) is 20.2 Å². The maximum absolute atomic E-state index is 8.98. The van der Waals surface area contributed by atoms with Crippen LogP contribution in [-0.4, -0.2) is 31.2 Å². The first-order chi connectivity index (χ1) is 10.2. The second kappa shape index (κ2) is 5.72. The number of hydrogen-bond acceptors (Lipinski definition) is 6. The molecule has 1 aliphatic rings. The first-order valence-corrected chi connectivity index (χ1v) is 7.56. The third-order valence-electron chi connectivity index (χ3n) is 3.41. The summed E-state index contributed by atoms with van der Waals surface area (Å²) in [4.78, 5) is 8.94. The number of aromatic nitrogens is 4. The molecule has 7 nitrogen and oxygen atoms in total. The highest BCUT2D eigenvalue weighted by molar-refractivity contribution is 7.99. The van der Waals surface area contributed by atoms with Gasteiger partial charge in [-0.1, -0.05) is 5.16 Å². The highest BCUT2D eigenvalue weighted by atomic mass is 32.2. The van der Waals surface area contributed by atoms with Crippen molar-refractivity contribution < 1.29 is 5.21 Å². The van der Waals surface area contributed by atoms with Gasteiger partial charge >= 0.3 is 0 Å². The largest absolute Gasteiger partial charge is 0.409 e. The van der Waals surface area contributed by atoms with Crippen LogP contribution < -0.4 is 5.73 Å². The third-order valence-corrected chi connectivity index (χ3v) is 4.28. The summed E-state index contributed by atoms with van der Waals surface area (Å²) >= 11 is 1.32. The van der Waals surface area contributed by atoms with Gasteiger partial charge in [0, 0.05) is 5.69 Å². The number of aromatic amines is 1. The van der Waals surface area contributed by atoms with E-state index in [-0.39, 0.29) is 5.84 Å². The van der Waals surface area contributed by atoms with Crippen LogP contribution >= 0.6 is 11.8 Å². The summed E-state index contributed by atoms with van der Waals surface area (Å²) in [5.41, 5.74) is 8.68. The van der Waals surface area contributed by atoms with Gasteiger partial charge in [-0.3, -0.25) is 5.10 Å². The molecule has 0 aromatic carbocycles. The van der Waals surface area contributed by atoms with Gasteiger partial charge in [0.2, 0.25) is 5.16 Å². The fraction of sp³-hybridized carbons (Fsp3) is 0.385. The molecular weight excluding hydrogens is 288 g/mol. The minimum atomic E-state index is 0.0608. The molecule has 2 aromatic rings. The number of nitrogens with zero attached hydrogens (tertiary/aromatic N) is 4. The quantitative estimate of drug-likeness (QED) is 0.344. The molecule has 8 heteroatoms. The summed E-state index contributed by atoms with van der Waals surface area (Å²) in [6.45, 7) is 1.84. The standard InChI is InChI=1S/C13H16N6OS/c1-7-15-13(18-17-7)21-12-9(11(14)19-20)6-8-4-2-3-5-10(8)16-12/h6,20H,2-5H2,1H3,(H2,14,19)(H,15,17,18). The number of oxime groups is 1. The van der Waals surface area contributed by atoms with Crippen LogP contribution in [0.1, 0.15) is 35.5 Å². The van der Waals surface area contributed by atoms with Gasteiger partial charge in [-0.2, -0.15) is 0 Å². The van der Waals surface area contributed by atoms with E-state index in [0.717, 1.165) is 37.2 Å². The molecule has 3 rings (SSSR count). The van der Waals surface area contributed by atoms with Crippen molar-refractivity contribution in [2.45, 2.75) is 42.8 Å². The lowest BCUT2D eigenvalue weighted by Gasteiger charge is -2.17. The smallest absolute Gasteiger partial charge is 0.214 e. The van der Waals surface area contributed by atoms with Crippen molar-refractivity contribution in [3.63, 3.8) is 0 Å². The number of rotatable bonds is 3. The molecule has 21 heavy (non-hydrogen) atoms. The third kappa shape index (κ3) is 2.85. The van der Waals surface area contributed by atoms with Crippen LogP contribution in [0, 0.1) is 6.92 Å². The van der Waals surface area contributed by atoms with E-state index in [1.807, 2.05) is 13.0 Å². The van der Waals surface area contributed by atoms with Crippen LogP contribution in [0.25, 0.3) is 0 Å². The van der Waals surface area contributed by atoms with E-state index in [4.69, 9.17) is 10.9 Å². The molecule has 0 amide bonds. The number of fused-ring (bicyclic) bond motifs is 1. The first-order valence-electron chi connectivity index (χ1n) is 6.75. The number of aryl methyl sites for hydroxylation is 3. The van der Waals surface area contributed by atoms with E-state index in [2.05, 4.69) is 25.3 Å². The molecule has 110 valence electrons. The summed E-state index contributed by atoms with van der Waals surface area (Å²) < 4.78 is 0. The van der Waals surface area contributed by atoms with Crippen LogP contribution in [0.15, 0.2) is 21.4 Å². The lowest BCUT2D eigenvalue weighted by atomic mass is 9.95. The van der Waals surface area contributed by atoms with Crippen molar-refractivity contribution >= 4 is 17.6 Å². The molecule has 0 bridgehead atoms. The maximum atomic E-state index is 8.98. The lowest BCUT2D eigenvalue weighted by molar-refractivity contribution is 0.318. The summed E-state index contributed by atoms with van der Waals surface area (Å²) in [6.07, 6.45) is 4.24. The summed E-state index contributed by atoms with van der Waals surface area (Å²) in [5.74, 6) is 0.798. The van der Waals surface area contributed by atoms with Gasteiger partial charge in [-0.15, -0.1) is 5.10 Å². The van der Waals surface area contributed by atoms with Crippen LogP contribution in [0.4, 0.5) is 0 Å². The molecule has 2 aromatic heterocycles. The normalized spacial score (nSPS) is 15.0. The van der Waals surface area contributed by atoms with Crippen LogP contribution in [0.5, 0.6) is 0 Å². The Kier molecular flexibility index (Phi) is 3.78. The number of H-pyrrole nitrogens is 1. The summed E-state index contributed by atoms with van der Waals surface area (Å²) in [7, 11) is 0. The van der Waals surface area contributed by atoms with Gasteiger partial charge in [-0.25, -0.2) is 9.97 Å². The zero-order valence-electron chi connectivity index (χ0n) is 11.6. The Balaban J connectivity index is 2.03. The number of amidine groups is 1. The topological polar surface area (TPSA) is 113 Å². The predicted molar refractivity (Wildman–Crippen MR) is 78.6 cm³/mol. The van der Waals surface area contributed by atoms with Gasteiger partial charge in [0.05, 0.1) is 5.56 Å². The predicted octanol–water partition coefficient (Wildman–Crippen LogP) is 1.63. The number of pyridine rings is 1. The highest BCUT2D eigenvalue weighted by Crippen LogP contribution is 2.30. The molecule has 0 saturated carbocycles. The molecule has 0 saturated heterocycles. The molecule has 0 unspecified atom stereocenters. The SMILES string of the molecule is Cc1nc(Sc2nc3c(cc2C(N)=NO)CCCC3)n[nH]1. The van der Waals surface area contributed by atoms with Gasteiger partial charge in [-0.05, 0) is 56.0 Å². The maximum Gasteiger partial charge on any atom is 0.214 e. The Morgan fingerprint density at radius 2 is 2.19 bits per heavy atom. The Morgan fingerprint density at radius 1 is 1.38 bits per heavy atom. The molecule has 2 heterocycles. The second-order valence-corrected chi connectivity index (χ2v) is 5.90. The van der Waals surface area contributed by atoms with Crippen LogP contribution in [0.3, 0.4) is 0 Å². The lowest BCUT2D eigenvalue weighted by Crippen LogP contribution is -2.18. The zero-order chi connectivity index (χ0) is 14.8. The van der Waals surface area contributed by atoms with E-state index in [9.17, 15) is 0 Å². The Morgan fingerprint density at radius 3 is 2.90 bits per heavy atom. The fourth-order valence-electron chi connectivity index (χ4n) is 2.38. The monoisotopic (exact) mass is 304 g/mol. The molecule has 0 radical (unpaired) electrons. The molecular formula is C13H16N6OS. The van der Waals surface area contributed by atoms with Crippen molar-refractivity contribution in [3.8, 4) is 0 Å². The molecule has 0 aliphatic heterocycles. The highest BCUT2D eigenvalue weighted by Gasteiger charge is 2.19. The van der Waals surface area contributed by atoms with E-state index >= 15 is 0 Å². The summed E-state index contributed by atoms with van der Waals surface area (Å²) in [6, 6.07) is 1.97. The van der Waals surface area contributed by atoms with Crippen molar-refractivity contribution in [3.05, 3.63) is 28.7 Å². The van der Waals surface area contributed by atoms with Crippen molar-refractivity contribution in [2.24, 2.45) is 10.9 Å².